The third kappa shape index (κ3) is 3.82. The molecule has 0 amide bonds. The Hall–Kier alpha value is -3.66. The van der Waals surface area contributed by atoms with E-state index in [0.29, 0.717) is 17.3 Å². The number of aromatic nitrogens is 2. The zero-order valence-corrected chi connectivity index (χ0v) is 13.5. The van der Waals surface area contributed by atoms with Crippen LogP contribution in [0.15, 0.2) is 53.8 Å². The average Bonchev–Trinajstić information content (AvgIpc) is 2.67. The summed E-state index contributed by atoms with van der Waals surface area (Å²) in [6, 6.07) is 15.0. The van der Waals surface area contributed by atoms with Crippen molar-refractivity contribution in [1.29, 1.82) is 5.26 Å². The number of hydrogen-bond acceptors (Lipinski definition) is 7. The molecule has 0 fully saturated rings. The van der Waals surface area contributed by atoms with Crippen molar-refractivity contribution >= 4 is 22.8 Å². The van der Waals surface area contributed by atoms with Gasteiger partial charge in [-0.05, 0) is 23.8 Å². The Bertz CT molecular complexity index is 944. The molecule has 1 N–H and O–H groups in total. The van der Waals surface area contributed by atoms with Crippen LogP contribution in [0.1, 0.15) is 5.56 Å². The van der Waals surface area contributed by atoms with Crippen molar-refractivity contribution in [2.75, 3.05) is 19.1 Å². The Morgan fingerprint density at radius 3 is 2.96 bits per heavy atom. The number of nitrogens with one attached hydrogen (secondary N) is 1. The molecule has 1 aromatic heterocycles. The molecule has 25 heavy (non-hydrogen) atoms. The average molecular weight is 333 g/mol. The summed E-state index contributed by atoms with van der Waals surface area (Å²) in [6.45, 7) is -0.0366. The highest BCUT2D eigenvalue weighted by Crippen LogP contribution is 2.27. The first-order valence-electron chi connectivity index (χ1n) is 7.49. The molecule has 0 aliphatic carbocycles. The largest absolute Gasteiger partial charge is 0.493 e. The van der Waals surface area contributed by atoms with Gasteiger partial charge < -0.3 is 9.47 Å². The SMILES string of the molecule is COc1cc(/C=N\Nc2nncc3ccccc23)ccc1OCC#N. The van der Waals surface area contributed by atoms with Crippen molar-refractivity contribution in [2.45, 2.75) is 0 Å². The van der Waals surface area contributed by atoms with Gasteiger partial charge in [0.05, 0.1) is 19.5 Å². The molecule has 7 nitrogen and oxygen atoms in total. The Kier molecular flexibility index (Phi) is 5.02. The molecule has 0 spiro atoms. The van der Waals surface area contributed by atoms with Gasteiger partial charge in [-0.1, -0.05) is 24.3 Å². The van der Waals surface area contributed by atoms with Crippen LogP contribution in [0.4, 0.5) is 5.82 Å². The van der Waals surface area contributed by atoms with Gasteiger partial charge in [0.2, 0.25) is 0 Å². The minimum atomic E-state index is -0.0366. The molecule has 0 saturated heterocycles. The zero-order chi connectivity index (χ0) is 17.5. The second kappa shape index (κ2) is 7.75. The maximum atomic E-state index is 8.59. The summed E-state index contributed by atoms with van der Waals surface area (Å²) in [5.74, 6) is 1.62. The minimum Gasteiger partial charge on any atom is -0.493 e. The molecule has 0 radical (unpaired) electrons. The van der Waals surface area contributed by atoms with E-state index in [0.717, 1.165) is 16.3 Å². The van der Waals surface area contributed by atoms with Crippen LogP contribution in [-0.2, 0) is 0 Å². The summed E-state index contributed by atoms with van der Waals surface area (Å²) in [5.41, 5.74) is 3.71. The number of nitrogens with zero attached hydrogens (tertiary/aromatic N) is 4. The van der Waals surface area contributed by atoms with E-state index in [1.807, 2.05) is 36.4 Å². The second-order valence-corrected chi connectivity index (χ2v) is 5.01. The molecule has 0 saturated carbocycles. The molecule has 3 rings (SSSR count). The highest BCUT2D eigenvalue weighted by Gasteiger charge is 2.05. The van der Waals surface area contributed by atoms with E-state index < -0.39 is 0 Å². The molecule has 3 aromatic rings. The summed E-state index contributed by atoms with van der Waals surface area (Å²) in [5, 5.41) is 22.7. The van der Waals surface area contributed by atoms with Crippen molar-refractivity contribution in [3.8, 4) is 17.6 Å². The van der Waals surface area contributed by atoms with Crippen LogP contribution in [0.2, 0.25) is 0 Å². The summed E-state index contributed by atoms with van der Waals surface area (Å²) in [4.78, 5) is 0. The number of benzene rings is 2. The Balaban J connectivity index is 1.77. The van der Waals surface area contributed by atoms with Gasteiger partial charge in [-0.2, -0.15) is 15.5 Å². The first-order valence-corrected chi connectivity index (χ1v) is 7.49. The summed E-state index contributed by atoms with van der Waals surface area (Å²) >= 11 is 0. The molecule has 0 aliphatic heterocycles. The van der Waals surface area contributed by atoms with Crippen LogP contribution >= 0.6 is 0 Å². The van der Waals surface area contributed by atoms with E-state index in [-0.39, 0.29) is 6.61 Å². The number of methoxy groups -OCH3 is 1. The Morgan fingerprint density at radius 1 is 1.24 bits per heavy atom. The second-order valence-electron chi connectivity index (χ2n) is 5.01. The van der Waals surface area contributed by atoms with Crippen LogP contribution in [0.25, 0.3) is 10.8 Å². The molecule has 0 aliphatic rings. The molecule has 0 atom stereocenters. The molecular weight excluding hydrogens is 318 g/mol. The number of nitriles is 1. The van der Waals surface area contributed by atoms with Crippen LogP contribution in [0.5, 0.6) is 11.5 Å². The molecule has 1 heterocycles. The third-order valence-corrected chi connectivity index (χ3v) is 3.43. The lowest BCUT2D eigenvalue weighted by Gasteiger charge is -2.08. The molecule has 2 aromatic carbocycles. The van der Waals surface area contributed by atoms with Crippen molar-refractivity contribution in [1.82, 2.24) is 10.2 Å². The van der Waals surface area contributed by atoms with Gasteiger partial charge in [-0.25, -0.2) is 0 Å². The van der Waals surface area contributed by atoms with Crippen molar-refractivity contribution < 1.29 is 9.47 Å². The number of hydrazone groups is 1. The first-order chi connectivity index (χ1) is 12.3. The monoisotopic (exact) mass is 333 g/mol. The van der Waals surface area contributed by atoms with Gasteiger partial charge in [0.1, 0.15) is 6.07 Å². The third-order valence-electron chi connectivity index (χ3n) is 3.43. The summed E-state index contributed by atoms with van der Waals surface area (Å²) in [7, 11) is 1.54. The quantitative estimate of drug-likeness (QED) is 0.551. The lowest BCUT2D eigenvalue weighted by Crippen LogP contribution is -1.98. The summed E-state index contributed by atoms with van der Waals surface area (Å²) in [6.07, 6.45) is 3.34. The fourth-order valence-corrected chi connectivity index (χ4v) is 2.27. The number of anilines is 1. The molecule has 0 bridgehead atoms. The summed E-state index contributed by atoms with van der Waals surface area (Å²) < 4.78 is 10.6. The van der Waals surface area contributed by atoms with Crippen LogP contribution in [-0.4, -0.2) is 30.1 Å². The van der Waals surface area contributed by atoms with Gasteiger partial charge in [-0.3, -0.25) is 5.43 Å². The van der Waals surface area contributed by atoms with Crippen molar-refractivity contribution in [2.24, 2.45) is 5.10 Å². The number of hydrogen-bond donors (Lipinski definition) is 1. The number of ether oxygens (including phenoxy) is 2. The number of fused-ring (bicyclic) bond motifs is 1. The van der Waals surface area contributed by atoms with E-state index in [4.69, 9.17) is 14.7 Å². The van der Waals surface area contributed by atoms with E-state index in [9.17, 15) is 0 Å². The number of rotatable bonds is 6. The van der Waals surface area contributed by atoms with Crippen molar-refractivity contribution in [3.63, 3.8) is 0 Å². The van der Waals surface area contributed by atoms with E-state index in [1.165, 1.54) is 0 Å². The molecule has 7 heteroatoms. The maximum Gasteiger partial charge on any atom is 0.176 e. The molecular formula is C18H15N5O2. The van der Waals surface area contributed by atoms with Gasteiger partial charge >= 0.3 is 0 Å². The van der Waals surface area contributed by atoms with Gasteiger partial charge in [0, 0.05) is 10.8 Å². The van der Waals surface area contributed by atoms with Crippen LogP contribution < -0.4 is 14.9 Å². The Labute approximate surface area is 144 Å². The molecule has 0 unspecified atom stereocenters. The fourth-order valence-electron chi connectivity index (χ4n) is 2.27. The van der Waals surface area contributed by atoms with Gasteiger partial charge in [-0.15, -0.1) is 5.10 Å². The van der Waals surface area contributed by atoms with Gasteiger partial charge in [0.15, 0.2) is 23.9 Å². The topological polar surface area (TPSA) is 92.4 Å². The zero-order valence-electron chi connectivity index (χ0n) is 13.5. The molecule has 124 valence electrons. The van der Waals surface area contributed by atoms with E-state index >= 15 is 0 Å². The highest BCUT2D eigenvalue weighted by molar-refractivity contribution is 5.91. The lowest BCUT2D eigenvalue weighted by molar-refractivity contribution is 0.329. The van der Waals surface area contributed by atoms with Crippen molar-refractivity contribution in [3.05, 3.63) is 54.2 Å². The lowest BCUT2D eigenvalue weighted by atomic mass is 10.2. The van der Waals surface area contributed by atoms with Crippen LogP contribution in [0, 0.1) is 11.3 Å². The predicted octanol–water partition coefficient (Wildman–Crippen LogP) is 2.99. The van der Waals surface area contributed by atoms with E-state index in [1.54, 1.807) is 31.7 Å². The minimum absolute atomic E-state index is 0.0366. The van der Waals surface area contributed by atoms with E-state index in [2.05, 4.69) is 20.7 Å². The smallest absolute Gasteiger partial charge is 0.176 e. The Morgan fingerprint density at radius 2 is 2.12 bits per heavy atom. The van der Waals surface area contributed by atoms with Crippen LogP contribution in [0.3, 0.4) is 0 Å². The van der Waals surface area contributed by atoms with Gasteiger partial charge in [0.25, 0.3) is 0 Å². The fraction of sp³-hybridized carbons (Fsp3) is 0.111. The normalized spacial score (nSPS) is 10.6. The predicted molar refractivity (Wildman–Crippen MR) is 94.9 cm³/mol. The first kappa shape index (κ1) is 16.2. The highest BCUT2D eigenvalue weighted by atomic mass is 16.5. The maximum absolute atomic E-state index is 8.59. The standard InChI is InChI=1S/C18H15N5O2/c1-24-17-10-13(6-7-16(17)25-9-8-19)11-20-22-18-15-5-3-2-4-14(15)12-21-23-18/h2-7,10-12H,9H2,1H3,(H,22,23)/b20-11-.